The van der Waals surface area contributed by atoms with Gasteiger partial charge in [0.15, 0.2) is 0 Å². The van der Waals surface area contributed by atoms with Gasteiger partial charge in [-0.25, -0.2) is 4.79 Å². The maximum atomic E-state index is 10.8. The Kier molecular flexibility index (Phi) is 4.19. The number of aromatic nitrogens is 2. The second-order valence-electron chi connectivity index (χ2n) is 3.85. The van der Waals surface area contributed by atoms with Crippen LogP contribution in [0.2, 0.25) is 0 Å². The summed E-state index contributed by atoms with van der Waals surface area (Å²) in [5.41, 5.74) is 1.01. The Morgan fingerprint density at radius 2 is 2.17 bits per heavy atom. The van der Waals surface area contributed by atoms with Crippen LogP contribution >= 0.6 is 0 Å². The number of carboxylic acid groups (broad SMARTS) is 1. The third kappa shape index (κ3) is 2.73. The average molecular weight is 253 g/mol. The lowest BCUT2D eigenvalue weighted by Gasteiger charge is -2.01. The lowest BCUT2D eigenvalue weighted by Crippen LogP contribution is -2.05. The molecule has 98 valence electrons. The average Bonchev–Trinajstić information content (AvgIpc) is 2.54. The summed E-state index contributed by atoms with van der Waals surface area (Å²) < 4.78 is 1.44. The highest BCUT2D eigenvalue weighted by atomic mass is 16.6. The van der Waals surface area contributed by atoms with Gasteiger partial charge in [-0.15, -0.1) is 0 Å². The van der Waals surface area contributed by atoms with E-state index in [1.165, 1.54) is 10.8 Å². The summed E-state index contributed by atoms with van der Waals surface area (Å²) in [5.74, 6) is -0.978. The maximum absolute atomic E-state index is 10.8. The monoisotopic (exact) mass is 253 g/mol. The molecule has 1 heterocycles. The number of aryl methyl sites for hydroxylation is 1. The molecule has 0 aliphatic carbocycles. The quantitative estimate of drug-likeness (QED) is 0.490. The molecule has 1 rings (SSSR count). The predicted molar refractivity (Wildman–Crippen MR) is 64.4 cm³/mol. The van der Waals surface area contributed by atoms with E-state index in [1.54, 1.807) is 20.8 Å². The van der Waals surface area contributed by atoms with E-state index >= 15 is 0 Å². The van der Waals surface area contributed by atoms with E-state index in [0.29, 0.717) is 17.8 Å². The fourth-order valence-corrected chi connectivity index (χ4v) is 1.71. The second-order valence-corrected chi connectivity index (χ2v) is 3.85. The number of hydrogen-bond acceptors (Lipinski definition) is 4. The molecule has 0 bridgehead atoms. The fraction of sp³-hybridized carbons (Fsp3) is 0.455. The minimum Gasteiger partial charge on any atom is -0.478 e. The van der Waals surface area contributed by atoms with Crippen LogP contribution < -0.4 is 0 Å². The molecule has 0 spiro atoms. The lowest BCUT2D eigenvalue weighted by atomic mass is 10.2. The van der Waals surface area contributed by atoms with Crippen molar-refractivity contribution in [3.05, 3.63) is 33.2 Å². The number of rotatable bonds is 5. The number of nitro groups is 1. The van der Waals surface area contributed by atoms with Gasteiger partial charge in [-0.2, -0.15) is 5.10 Å². The molecule has 0 aliphatic rings. The molecule has 7 nitrogen and oxygen atoms in total. The Morgan fingerprint density at radius 1 is 1.56 bits per heavy atom. The molecule has 0 aromatic carbocycles. The second kappa shape index (κ2) is 5.44. The van der Waals surface area contributed by atoms with Crippen LogP contribution in [0.4, 0.5) is 5.69 Å². The smallest absolute Gasteiger partial charge is 0.331 e. The van der Waals surface area contributed by atoms with Crippen molar-refractivity contribution in [2.75, 3.05) is 0 Å². The summed E-state index contributed by atoms with van der Waals surface area (Å²) in [6, 6.07) is 0. The zero-order chi connectivity index (χ0) is 13.9. The van der Waals surface area contributed by atoms with E-state index < -0.39 is 10.9 Å². The lowest BCUT2D eigenvalue weighted by molar-refractivity contribution is -0.386. The van der Waals surface area contributed by atoms with Crippen molar-refractivity contribution in [2.45, 2.75) is 33.7 Å². The molecule has 1 aromatic heterocycles. The van der Waals surface area contributed by atoms with Gasteiger partial charge in [-0.1, -0.05) is 13.0 Å². The van der Waals surface area contributed by atoms with Gasteiger partial charge in [-0.05, 0) is 20.3 Å². The predicted octanol–water partition coefficient (Wildman–Crippen LogP) is 1.83. The molecular weight excluding hydrogens is 238 g/mol. The van der Waals surface area contributed by atoms with Gasteiger partial charge in [0, 0.05) is 5.57 Å². The van der Waals surface area contributed by atoms with E-state index in [4.69, 9.17) is 5.11 Å². The van der Waals surface area contributed by atoms with Crippen LogP contribution in [0.3, 0.4) is 0 Å². The third-order valence-electron chi connectivity index (χ3n) is 2.69. The molecule has 18 heavy (non-hydrogen) atoms. The highest BCUT2D eigenvalue weighted by Gasteiger charge is 2.21. The van der Waals surface area contributed by atoms with Crippen molar-refractivity contribution in [3.63, 3.8) is 0 Å². The van der Waals surface area contributed by atoms with Crippen molar-refractivity contribution in [1.82, 2.24) is 9.78 Å². The molecule has 0 amide bonds. The van der Waals surface area contributed by atoms with Crippen LogP contribution in [0, 0.1) is 24.0 Å². The number of allylic oxidation sites excluding steroid dienone is 1. The van der Waals surface area contributed by atoms with Crippen molar-refractivity contribution in [2.24, 2.45) is 0 Å². The van der Waals surface area contributed by atoms with Gasteiger partial charge >= 0.3 is 11.7 Å². The molecule has 0 saturated heterocycles. The SMILES string of the molecule is CCC(=CCn1nc(C)c([N+](=O)[O-])c1C)C(=O)O. The molecular formula is C11H15N3O4. The minimum absolute atomic E-state index is 0.0169. The maximum Gasteiger partial charge on any atom is 0.331 e. The molecule has 0 aliphatic heterocycles. The van der Waals surface area contributed by atoms with E-state index in [-0.39, 0.29) is 17.8 Å². The van der Waals surface area contributed by atoms with E-state index in [2.05, 4.69) is 5.10 Å². The third-order valence-corrected chi connectivity index (χ3v) is 2.69. The first-order valence-electron chi connectivity index (χ1n) is 5.49. The molecule has 0 unspecified atom stereocenters. The number of carboxylic acids is 1. The van der Waals surface area contributed by atoms with Gasteiger partial charge < -0.3 is 5.11 Å². The first-order valence-corrected chi connectivity index (χ1v) is 5.49. The van der Waals surface area contributed by atoms with E-state index in [1.807, 2.05) is 0 Å². The topological polar surface area (TPSA) is 98.3 Å². The molecule has 0 saturated carbocycles. The largest absolute Gasteiger partial charge is 0.478 e. The zero-order valence-electron chi connectivity index (χ0n) is 10.5. The van der Waals surface area contributed by atoms with Gasteiger partial charge in [0.2, 0.25) is 0 Å². The van der Waals surface area contributed by atoms with Crippen LogP contribution in [0.25, 0.3) is 0 Å². The van der Waals surface area contributed by atoms with Crippen molar-refractivity contribution >= 4 is 11.7 Å². The summed E-state index contributed by atoms with van der Waals surface area (Å²) in [7, 11) is 0. The normalized spacial score (nSPS) is 11.6. The van der Waals surface area contributed by atoms with Gasteiger partial charge in [0.1, 0.15) is 11.4 Å². The first-order chi connectivity index (χ1) is 8.38. The number of hydrogen-bond donors (Lipinski definition) is 1. The molecule has 0 fully saturated rings. The molecule has 1 aromatic rings. The summed E-state index contributed by atoms with van der Waals surface area (Å²) in [6.07, 6.45) is 1.92. The van der Waals surface area contributed by atoms with Crippen LogP contribution in [0.15, 0.2) is 11.6 Å². The standard InChI is InChI=1S/C11H15N3O4/c1-4-9(11(15)16)5-6-13-8(3)10(14(17)18)7(2)12-13/h5H,4,6H2,1-3H3,(H,15,16). The molecule has 1 N–H and O–H groups in total. The highest BCUT2D eigenvalue weighted by Crippen LogP contribution is 2.21. The Morgan fingerprint density at radius 3 is 2.56 bits per heavy atom. The van der Waals surface area contributed by atoms with Crippen LogP contribution in [-0.2, 0) is 11.3 Å². The van der Waals surface area contributed by atoms with Gasteiger partial charge in [-0.3, -0.25) is 14.8 Å². The highest BCUT2D eigenvalue weighted by molar-refractivity contribution is 5.86. The summed E-state index contributed by atoms with van der Waals surface area (Å²) in [5, 5.41) is 23.7. The van der Waals surface area contributed by atoms with Crippen LogP contribution in [-0.4, -0.2) is 25.8 Å². The Balaban J connectivity index is 3.03. The zero-order valence-corrected chi connectivity index (χ0v) is 10.5. The van der Waals surface area contributed by atoms with E-state index in [9.17, 15) is 14.9 Å². The van der Waals surface area contributed by atoms with Gasteiger partial charge in [0.25, 0.3) is 0 Å². The van der Waals surface area contributed by atoms with Crippen LogP contribution in [0.5, 0.6) is 0 Å². The Bertz CT molecular complexity index is 517. The van der Waals surface area contributed by atoms with Gasteiger partial charge in [0.05, 0.1) is 11.5 Å². The van der Waals surface area contributed by atoms with Crippen molar-refractivity contribution < 1.29 is 14.8 Å². The number of aliphatic carboxylic acids is 1. The Hall–Kier alpha value is -2.18. The van der Waals surface area contributed by atoms with Crippen molar-refractivity contribution in [1.29, 1.82) is 0 Å². The minimum atomic E-state index is -0.978. The summed E-state index contributed by atoms with van der Waals surface area (Å²) in [4.78, 5) is 21.1. The summed E-state index contributed by atoms with van der Waals surface area (Å²) >= 11 is 0. The van der Waals surface area contributed by atoms with Crippen molar-refractivity contribution in [3.8, 4) is 0 Å². The first kappa shape index (κ1) is 13.9. The van der Waals surface area contributed by atoms with E-state index in [0.717, 1.165) is 0 Å². The number of carbonyl (C=O) groups is 1. The molecule has 0 atom stereocenters. The summed E-state index contributed by atoms with van der Waals surface area (Å²) in [6.45, 7) is 5.11. The Labute approximate surface area is 104 Å². The molecule has 0 radical (unpaired) electrons. The number of nitrogens with zero attached hydrogens (tertiary/aromatic N) is 3. The van der Waals surface area contributed by atoms with Crippen LogP contribution in [0.1, 0.15) is 24.7 Å². The fourth-order valence-electron chi connectivity index (χ4n) is 1.71. The molecule has 7 heteroatoms.